The third kappa shape index (κ3) is 7.22. The Labute approximate surface area is 180 Å². The number of aromatic hydroxyl groups is 1. The Hall–Kier alpha value is -1.75. The average molecular weight is 417 g/mol. The molecule has 2 aromatic carbocycles. The van der Waals surface area contributed by atoms with E-state index in [4.69, 9.17) is 16.3 Å². The zero-order valence-corrected chi connectivity index (χ0v) is 18.2. The number of hydrogen-bond acceptors (Lipinski definition) is 4. The quantitative estimate of drug-likeness (QED) is 0.554. The van der Waals surface area contributed by atoms with Crippen LogP contribution in [0.2, 0.25) is 5.02 Å². The minimum absolute atomic E-state index is 0.316. The molecule has 29 heavy (non-hydrogen) atoms. The number of unbranched alkanes of at least 4 members (excludes halogenated alkanes) is 1. The molecule has 0 bridgehead atoms. The van der Waals surface area contributed by atoms with Crippen LogP contribution in [0.15, 0.2) is 42.5 Å². The van der Waals surface area contributed by atoms with Crippen molar-refractivity contribution in [2.45, 2.75) is 39.2 Å². The second kappa shape index (κ2) is 11.4. The van der Waals surface area contributed by atoms with E-state index >= 15 is 0 Å². The van der Waals surface area contributed by atoms with Gasteiger partial charge in [-0.15, -0.1) is 0 Å². The van der Waals surface area contributed by atoms with Crippen molar-refractivity contribution in [3.8, 4) is 11.5 Å². The Morgan fingerprint density at radius 3 is 2.41 bits per heavy atom. The lowest BCUT2D eigenvalue weighted by molar-refractivity contribution is 0.124. The molecule has 1 saturated heterocycles. The molecule has 0 saturated carbocycles. The van der Waals surface area contributed by atoms with Crippen LogP contribution in [0.5, 0.6) is 11.5 Å². The number of nitrogens with zero attached hydrogens (tertiary/aromatic N) is 2. The average Bonchev–Trinajstić information content (AvgIpc) is 2.72. The van der Waals surface area contributed by atoms with Crippen LogP contribution in [0.25, 0.3) is 0 Å². The first-order valence-corrected chi connectivity index (χ1v) is 11.2. The van der Waals surface area contributed by atoms with Gasteiger partial charge in [-0.05, 0) is 67.3 Å². The SMILES string of the molecule is CCCc1cc(O)ccc1OCCCCN1CCN(Cc2ccc(Cl)cc2)CC1. The van der Waals surface area contributed by atoms with Gasteiger partial charge in [-0.25, -0.2) is 0 Å². The normalized spacial score (nSPS) is 15.5. The van der Waals surface area contributed by atoms with Gasteiger partial charge in [0.1, 0.15) is 11.5 Å². The van der Waals surface area contributed by atoms with Crippen LogP contribution in [-0.4, -0.2) is 54.2 Å². The number of hydrogen-bond donors (Lipinski definition) is 1. The van der Waals surface area contributed by atoms with Gasteiger partial charge in [-0.1, -0.05) is 37.1 Å². The van der Waals surface area contributed by atoms with E-state index in [1.54, 1.807) is 6.07 Å². The summed E-state index contributed by atoms with van der Waals surface area (Å²) >= 11 is 5.97. The Morgan fingerprint density at radius 1 is 0.966 bits per heavy atom. The third-order valence-electron chi connectivity index (χ3n) is 5.47. The van der Waals surface area contributed by atoms with Crippen LogP contribution in [0, 0.1) is 0 Å². The monoisotopic (exact) mass is 416 g/mol. The largest absolute Gasteiger partial charge is 0.508 e. The van der Waals surface area contributed by atoms with Crippen molar-refractivity contribution in [3.05, 3.63) is 58.6 Å². The molecule has 1 heterocycles. The molecule has 0 unspecified atom stereocenters. The van der Waals surface area contributed by atoms with Gasteiger partial charge in [-0.3, -0.25) is 4.90 Å². The number of ether oxygens (including phenoxy) is 1. The number of rotatable bonds is 10. The van der Waals surface area contributed by atoms with Gasteiger partial charge in [0.2, 0.25) is 0 Å². The predicted molar refractivity (Wildman–Crippen MR) is 120 cm³/mol. The lowest BCUT2D eigenvalue weighted by Gasteiger charge is -2.34. The second-order valence-corrected chi connectivity index (χ2v) is 8.28. The van der Waals surface area contributed by atoms with Crippen molar-refractivity contribution >= 4 is 11.6 Å². The maximum atomic E-state index is 9.66. The van der Waals surface area contributed by atoms with Crippen LogP contribution in [0.3, 0.4) is 0 Å². The first-order valence-electron chi connectivity index (χ1n) is 10.8. The van der Waals surface area contributed by atoms with E-state index in [1.165, 1.54) is 5.56 Å². The molecule has 1 aliphatic heterocycles. The molecule has 0 atom stereocenters. The molecule has 0 aliphatic carbocycles. The van der Waals surface area contributed by atoms with Crippen molar-refractivity contribution < 1.29 is 9.84 Å². The van der Waals surface area contributed by atoms with Crippen LogP contribution in [-0.2, 0) is 13.0 Å². The molecule has 0 radical (unpaired) electrons. The molecule has 1 fully saturated rings. The molecular formula is C24H33ClN2O2. The Morgan fingerprint density at radius 2 is 1.69 bits per heavy atom. The van der Waals surface area contributed by atoms with Gasteiger partial charge in [0, 0.05) is 37.7 Å². The number of benzene rings is 2. The molecular weight excluding hydrogens is 384 g/mol. The first kappa shape index (κ1) is 21.9. The standard InChI is InChI=1S/C24H33ClN2O2/c1-2-5-21-18-23(28)10-11-24(21)29-17-4-3-12-26-13-15-27(16-14-26)19-20-6-8-22(25)9-7-20/h6-11,18,28H,2-5,12-17,19H2,1H3. The number of piperazine rings is 1. The minimum atomic E-state index is 0.316. The Bertz CT molecular complexity index is 743. The topological polar surface area (TPSA) is 35.9 Å². The molecule has 4 nitrogen and oxygen atoms in total. The highest BCUT2D eigenvalue weighted by molar-refractivity contribution is 6.30. The van der Waals surface area contributed by atoms with Gasteiger partial charge in [0.15, 0.2) is 0 Å². The minimum Gasteiger partial charge on any atom is -0.508 e. The summed E-state index contributed by atoms with van der Waals surface area (Å²) in [6, 6.07) is 13.6. The van der Waals surface area contributed by atoms with E-state index in [0.29, 0.717) is 5.75 Å². The fourth-order valence-corrected chi connectivity index (χ4v) is 3.94. The van der Waals surface area contributed by atoms with Crippen molar-refractivity contribution in [3.63, 3.8) is 0 Å². The number of phenols is 1. The molecule has 1 aliphatic rings. The Balaban J connectivity index is 1.31. The maximum absolute atomic E-state index is 9.66. The van der Waals surface area contributed by atoms with Gasteiger partial charge < -0.3 is 14.7 Å². The molecule has 0 amide bonds. The molecule has 0 spiro atoms. The molecule has 5 heteroatoms. The van der Waals surface area contributed by atoms with E-state index in [9.17, 15) is 5.11 Å². The predicted octanol–water partition coefficient (Wildman–Crippen LogP) is 4.97. The molecule has 1 N–H and O–H groups in total. The van der Waals surface area contributed by atoms with Crippen LogP contribution >= 0.6 is 11.6 Å². The lowest BCUT2D eigenvalue weighted by atomic mass is 10.1. The van der Waals surface area contributed by atoms with E-state index in [-0.39, 0.29) is 0 Å². The third-order valence-corrected chi connectivity index (χ3v) is 5.73. The summed E-state index contributed by atoms with van der Waals surface area (Å²) in [6.45, 7) is 9.52. The summed E-state index contributed by atoms with van der Waals surface area (Å²) in [5.41, 5.74) is 2.43. The van der Waals surface area contributed by atoms with E-state index in [1.807, 2.05) is 24.3 Å². The summed E-state index contributed by atoms with van der Waals surface area (Å²) in [4.78, 5) is 5.07. The molecule has 2 aromatic rings. The van der Waals surface area contributed by atoms with Crippen molar-refractivity contribution in [1.29, 1.82) is 0 Å². The first-order chi connectivity index (χ1) is 14.1. The number of phenolic OH excluding ortho intramolecular Hbond substituents is 1. The molecule has 158 valence electrons. The van der Waals surface area contributed by atoms with E-state index in [0.717, 1.165) is 87.9 Å². The molecule has 0 aromatic heterocycles. The fraction of sp³-hybridized carbons (Fsp3) is 0.500. The second-order valence-electron chi connectivity index (χ2n) is 7.84. The van der Waals surface area contributed by atoms with E-state index < -0.39 is 0 Å². The zero-order chi connectivity index (χ0) is 20.5. The summed E-state index contributed by atoms with van der Waals surface area (Å²) in [6.07, 6.45) is 4.18. The van der Waals surface area contributed by atoms with Gasteiger partial charge in [0.25, 0.3) is 0 Å². The number of aryl methyl sites for hydroxylation is 1. The van der Waals surface area contributed by atoms with Crippen LogP contribution in [0.4, 0.5) is 0 Å². The van der Waals surface area contributed by atoms with Crippen molar-refractivity contribution in [2.75, 3.05) is 39.3 Å². The zero-order valence-electron chi connectivity index (χ0n) is 17.4. The summed E-state index contributed by atoms with van der Waals surface area (Å²) in [5.74, 6) is 1.23. The highest BCUT2D eigenvalue weighted by Crippen LogP contribution is 2.25. The highest BCUT2D eigenvalue weighted by Gasteiger charge is 2.16. The van der Waals surface area contributed by atoms with Gasteiger partial charge >= 0.3 is 0 Å². The Kier molecular flexibility index (Phi) is 8.66. The summed E-state index contributed by atoms with van der Waals surface area (Å²) < 4.78 is 5.98. The lowest BCUT2D eigenvalue weighted by Crippen LogP contribution is -2.46. The van der Waals surface area contributed by atoms with Crippen molar-refractivity contribution in [2.24, 2.45) is 0 Å². The fourth-order valence-electron chi connectivity index (χ4n) is 3.81. The van der Waals surface area contributed by atoms with Gasteiger partial charge in [-0.2, -0.15) is 0 Å². The van der Waals surface area contributed by atoms with Crippen molar-refractivity contribution in [1.82, 2.24) is 9.80 Å². The van der Waals surface area contributed by atoms with E-state index in [2.05, 4.69) is 28.9 Å². The number of halogens is 1. The molecule has 3 rings (SSSR count). The maximum Gasteiger partial charge on any atom is 0.122 e. The van der Waals surface area contributed by atoms with Crippen LogP contribution in [0.1, 0.15) is 37.3 Å². The van der Waals surface area contributed by atoms with Crippen LogP contribution < -0.4 is 4.74 Å². The van der Waals surface area contributed by atoms with Gasteiger partial charge in [0.05, 0.1) is 6.61 Å². The smallest absolute Gasteiger partial charge is 0.122 e. The summed E-state index contributed by atoms with van der Waals surface area (Å²) in [7, 11) is 0. The highest BCUT2D eigenvalue weighted by atomic mass is 35.5. The summed E-state index contributed by atoms with van der Waals surface area (Å²) in [5, 5.41) is 10.5.